The number of halogens is 1. The lowest BCUT2D eigenvalue weighted by Gasteiger charge is -2.35. The van der Waals surface area contributed by atoms with Crippen molar-refractivity contribution in [3.63, 3.8) is 0 Å². The standard InChI is InChI=1S/C14H16ClNO4/c1-20-13(17)12-8-16(14(18)19)7-6-11(12)9-2-4-10(15)5-3-9/h2-5,11-12H,6-8H2,1H3,(H,18,19). The molecule has 6 heteroatoms. The van der Waals surface area contributed by atoms with Gasteiger partial charge in [0.1, 0.15) is 0 Å². The van der Waals surface area contributed by atoms with Gasteiger partial charge in [-0.05, 0) is 24.1 Å². The van der Waals surface area contributed by atoms with Gasteiger partial charge < -0.3 is 14.7 Å². The zero-order chi connectivity index (χ0) is 14.7. The molecule has 0 spiro atoms. The number of hydrogen-bond donors (Lipinski definition) is 1. The summed E-state index contributed by atoms with van der Waals surface area (Å²) in [6.07, 6.45) is -0.415. The first-order chi connectivity index (χ1) is 9.52. The summed E-state index contributed by atoms with van der Waals surface area (Å²) in [7, 11) is 1.32. The lowest BCUT2D eigenvalue weighted by atomic mass is 9.80. The summed E-state index contributed by atoms with van der Waals surface area (Å²) in [5, 5.41) is 9.69. The molecule has 0 radical (unpaired) electrons. The van der Waals surface area contributed by atoms with Gasteiger partial charge in [0.2, 0.25) is 0 Å². The van der Waals surface area contributed by atoms with E-state index >= 15 is 0 Å². The minimum atomic E-state index is -1.01. The van der Waals surface area contributed by atoms with Gasteiger partial charge in [-0.25, -0.2) is 4.79 Å². The summed E-state index contributed by atoms with van der Waals surface area (Å²) < 4.78 is 4.81. The van der Waals surface area contributed by atoms with Crippen LogP contribution in [0.15, 0.2) is 24.3 Å². The Labute approximate surface area is 122 Å². The summed E-state index contributed by atoms with van der Waals surface area (Å²) in [6.45, 7) is 0.575. The third-order valence-electron chi connectivity index (χ3n) is 3.69. The smallest absolute Gasteiger partial charge is 0.407 e. The van der Waals surface area contributed by atoms with Crippen LogP contribution in [0, 0.1) is 5.92 Å². The minimum absolute atomic E-state index is 0.0460. The van der Waals surface area contributed by atoms with Crippen LogP contribution in [0.4, 0.5) is 4.79 Å². The summed E-state index contributed by atoms with van der Waals surface area (Å²) in [4.78, 5) is 24.2. The molecule has 1 aliphatic heterocycles. The van der Waals surface area contributed by atoms with Gasteiger partial charge in [-0.3, -0.25) is 4.79 Å². The number of rotatable bonds is 2. The highest BCUT2D eigenvalue weighted by atomic mass is 35.5. The lowest BCUT2D eigenvalue weighted by Crippen LogP contribution is -2.45. The Bertz CT molecular complexity index is 502. The van der Waals surface area contributed by atoms with E-state index in [-0.39, 0.29) is 18.4 Å². The van der Waals surface area contributed by atoms with E-state index in [4.69, 9.17) is 21.4 Å². The quantitative estimate of drug-likeness (QED) is 0.852. The third kappa shape index (κ3) is 3.04. The van der Waals surface area contributed by atoms with E-state index in [2.05, 4.69) is 0 Å². The highest BCUT2D eigenvalue weighted by Gasteiger charge is 2.37. The Hall–Kier alpha value is -1.75. The number of amides is 1. The van der Waals surface area contributed by atoms with E-state index in [0.717, 1.165) is 5.56 Å². The molecule has 5 nitrogen and oxygen atoms in total. The number of carboxylic acid groups (broad SMARTS) is 1. The number of carbonyl (C=O) groups is 2. The molecular formula is C14H16ClNO4. The Morgan fingerprint density at radius 3 is 2.55 bits per heavy atom. The van der Waals surface area contributed by atoms with Crippen molar-refractivity contribution in [3.8, 4) is 0 Å². The lowest BCUT2D eigenvalue weighted by molar-refractivity contribution is -0.147. The third-order valence-corrected chi connectivity index (χ3v) is 3.94. The number of benzene rings is 1. The van der Waals surface area contributed by atoms with E-state index in [1.165, 1.54) is 12.0 Å². The van der Waals surface area contributed by atoms with Gasteiger partial charge in [0.25, 0.3) is 0 Å². The van der Waals surface area contributed by atoms with Gasteiger partial charge in [0, 0.05) is 24.0 Å². The number of methoxy groups -OCH3 is 1. The maximum Gasteiger partial charge on any atom is 0.407 e. The van der Waals surface area contributed by atoms with Gasteiger partial charge in [-0.1, -0.05) is 23.7 Å². The minimum Gasteiger partial charge on any atom is -0.469 e. The molecule has 0 aliphatic carbocycles. The van der Waals surface area contributed by atoms with Crippen molar-refractivity contribution >= 4 is 23.7 Å². The maximum absolute atomic E-state index is 11.9. The molecule has 0 aromatic heterocycles. The summed E-state index contributed by atoms with van der Waals surface area (Å²) in [5.41, 5.74) is 0.981. The topological polar surface area (TPSA) is 66.8 Å². The number of esters is 1. The van der Waals surface area contributed by atoms with Crippen molar-refractivity contribution < 1.29 is 19.4 Å². The van der Waals surface area contributed by atoms with Crippen LogP contribution in [0.1, 0.15) is 17.9 Å². The number of hydrogen-bond acceptors (Lipinski definition) is 3. The van der Waals surface area contributed by atoms with E-state index in [1.54, 1.807) is 12.1 Å². The number of ether oxygens (including phenoxy) is 1. The molecule has 2 unspecified atom stereocenters. The van der Waals surface area contributed by atoms with E-state index in [0.29, 0.717) is 18.0 Å². The molecule has 1 aromatic rings. The van der Waals surface area contributed by atoms with Crippen molar-refractivity contribution in [2.45, 2.75) is 12.3 Å². The molecule has 1 heterocycles. The number of carbonyl (C=O) groups excluding carboxylic acids is 1. The van der Waals surface area contributed by atoms with Crippen molar-refractivity contribution in [1.82, 2.24) is 4.90 Å². The molecule has 1 fully saturated rings. The van der Waals surface area contributed by atoms with Crippen LogP contribution in [0.3, 0.4) is 0 Å². The van der Waals surface area contributed by atoms with Crippen LogP contribution in [0.5, 0.6) is 0 Å². The van der Waals surface area contributed by atoms with Crippen LogP contribution < -0.4 is 0 Å². The second kappa shape index (κ2) is 6.13. The van der Waals surface area contributed by atoms with E-state index in [9.17, 15) is 9.59 Å². The second-order valence-corrected chi connectivity index (χ2v) is 5.24. The van der Waals surface area contributed by atoms with Crippen molar-refractivity contribution in [2.75, 3.05) is 20.2 Å². The molecule has 1 aromatic carbocycles. The first-order valence-electron chi connectivity index (χ1n) is 6.34. The molecule has 1 saturated heterocycles. The molecule has 2 atom stereocenters. The van der Waals surface area contributed by atoms with Crippen molar-refractivity contribution in [3.05, 3.63) is 34.9 Å². The number of nitrogens with zero attached hydrogens (tertiary/aromatic N) is 1. The fourth-order valence-electron chi connectivity index (χ4n) is 2.62. The highest BCUT2D eigenvalue weighted by Crippen LogP contribution is 2.34. The Morgan fingerprint density at radius 1 is 1.35 bits per heavy atom. The SMILES string of the molecule is COC(=O)C1CN(C(=O)O)CCC1c1ccc(Cl)cc1. The zero-order valence-electron chi connectivity index (χ0n) is 11.1. The van der Waals surface area contributed by atoms with Gasteiger partial charge in [0.15, 0.2) is 0 Å². The molecular weight excluding hydrogens is 282 g/mol. The van der Waals surface area contributed by atoms with Crippen LogP contribution in [-0.4, -0.2) is 42.3 Å². The summed E-state index contributed by atoms with van der Waals surface area (Å²) in [6, 6.07) is 7.29. The Balaban J connectivity index is 2.24. The summed E-state index contributed by atoms with van der Waals surface area (Å²) in [5.74, 6) is -0.905. The number of piperidine rings is 1. The van der Waals surface area contributed by atoms with Gasteiger partial charge in [-0.15, -0.1) is 0 Å². The maximum atomic E-state index is 11.9. The summed E-state index contributed by atoms with van der Waals surface area (Å²) >= 11 is 5.86. The molecule has 1 aliphatic rings. The number of likely N-dealkylation sites (tertiary alicyclic amines) is 1. The monoisotopic (exact) mass is 297 g/mol. The van der Waals surface area contributed by atoms with Gasteiger partial charge in [0.05, 0.1) is 13.0 Å². The highest BCUT2D eigenvalue weighted by molar-refractivity contribution is 6.30. The van der Waals surface area contributed by atoms with Crippen molar-refractivity contribution in [1.29, 1.82) is 0 Å². The largest absolute Gasteiger partial charge is 0.469 e. The first-order valence-corrected chi connectivity index (χ1v) is 6.72. The van der Waals surface area contributed by atoms with Gasteiger partial charge in [-0.2, -0.15) is 0 Å². The van der Waals surface area contributed by atoms with Gasteiger partial charge >= 0.3 is 12.1 Å². The average Bonchev–Trinajstić information content (AvgIpc) is 2.46. The molecule has 2 rings (SSSR count). The molecule has 1 amide bonds. The Morgan fingerprint density at radius 2 is 2.00 bits per heavy atom. The van der Waals surface area contributed by atoms with E-state index < -0.39 is 12.0 Å². The fourth-order valence-corrected chi connectivity index (χ4v) is 2.75. The predicted molar refractivity (Wildman–Crippen MR) is 73.9 cm³/mol. The predicted octanol–water partition coefficient (Wildman–Crippen LogP) is 2.60. The van der Waals surface area contributed by atoms with Crippen LogP contribution >= 0.6 is 11.6 Å². The molecule has 1 N–H and O–H groups in total. The van der Waals surface area contributed by atoms with Crippen molar-refractivity contribution in [2.24, 2.45) is 5.92 Å². The molecule has 0 bridgehead atoms. The normalized spacial score (nSPS) is 22.4. The average molecular weight is 298 g/mol. The first kappa shape index (κ1) is 14.7. The molecule has 20 heavy (non-hydrogen) atoms. The van der Waals surface area contributed by atoms with Crippen LogP contribution in [-0.2, 0) is 9.53 Å². The fraction of sp³-hybridized carbons (Fsp3) is 0.429. The van der Waals surface area contributed by atoms with E-state index in [1.807, 2.05) is 12.1 Å². The van der Waals surface area contributed by atoms with Crippen LogP contribution in [0.25, 0.3) is 0 Å². The zero-order valence-corrected chi connectivity index (χ0v) is 11.8. The van der Waals surface area contributed by atoms with Crippen LogP contribution in [0.2, 0.25) is 5.02 Å². The Kier molecular flexibility index (Phi) is 4.49. The second-order valence-electron chi connectivity index (χ2n) is 4.80. The molecule has 108 valence electrons. The molecule has 0 saturated carbocycles.